The molecule has 0 unspecified atom stereocenters. The molecule has 0 spiro atoms. The molecule has 6 nitrogen and oxygen atoms in total. The van der Waals surface area contributed by atoms with E-state index in [9.17, 15) is 14.4 Å². The maximum absolute atomic E-state index is 12.0. The van der Waals surface area contributed by atoms with E-state index in [1.807, 2.05) is 17.5 Å². The lowest BCUT2D eigenvalue weighted by Gasteiger charge is -2.13. The molecule has 0 radical (unpaired) electrons. The third-order valence-electron chi connectivity index (χ3n) is 3.01. The first-order valence-corrected chi connectivity index (χ1v) is 7.76. The van der Waals surface area contributed by atoms with Crippen molar-refractivity contribution in [3.8, 4) is 0 Å². The molecule has 7 heteroatoms. The quantitative estimate of drug-likeness (QED) is 0.790. The van der Waals surface area contributed by atoms with Crippen molar-refractivity contribution in [2.24, 2.45) is 5.73 Å². The minimum Gasteiger partial charge on any atom is -0.452 e. The Balaban J connectivity index is 1.86. The Morgan fingerprint density at radius 3 is 2.48 bits per heavy atom. The Hall–Kier alpha value is -2.67. The Labute approximate surface area is 137 Å². The van der Waals surface area contributed by atoms with Crippen LogP contribution in [0.25, 0.3) is 0 Å². The molecule has 0 saturated heterocycles. The summed E-state index contributed by atoms with van der Waals surface area (Å²) in [4.78, 5) is 35.6. The fourth-order valence-electron chi connectivity index (χ4n) is 1.81. The molecular formula is C16H16N2O4S. The summed E-state index contributed by atoms with van der Waals surface area (Å²) in [6.07, 6.45) is -0.777. The van der Waals surface area contributed by atoms with Crippen LogP contribution in [0, 0.1) is 0 Å². The molecule has 2 rings (SSSR count). The van der Waals surface area contributed by atoms with Gasteiger partial charge in [-0.15, -0.1) is 11.3 Å². The molecule has 0 bridgehead atoms. The van der Waals surface area contributed by atoms with Crippen molar-refractivity contribution >= 4 is 34.8 Å². The number of hydrogen-bond donors (Lipinski definition) is 2. The molecule has 2 aromatic rings. The second kappa shape index (κ2) is 7.55. The van der Waals surface area contributed by atoms with Gasteiger partial charge in [-0.1, -0.05) is 6.07 Å². The molecule has 1 atom stereocenters. The second-order valence-electron chi connectivity index (χ2n) is 4.82. The lowest BCUT2D eigenvalue weighted by molar-refractivity contribution is -0.152. The van der Waals surface area contributed by atoms with Crippen molar-refractivity contribution in [3.05, 3.63) is 52.2 Å². The zero-order valence-corrected chi connectivity index (χ0v) is 13.3. The predicted octanol–water partition coefficient (Wildman–Crippen LogP) is 1.96. The number of anilines is 1. The van der Waals surface area contributed by atoms with Gasteiger partial charge in [-0.2, -0.15) is 0 Å². The number of esters is 1. The number of benzene rings is 1. The average molecular weight is 332 g/mol. The summed E-state index contributed by atoms with van der Waals surface area (Å²) in [7, 11) is 0. The van der Waals surface area contributed by atoms with Crippen molar-refractivity contribution in [2.45, 2.75) is 19.4 Å². The van der Waals surface area contributed by atoms with Gasteiger partial charge >= 0.3 is 5.97 Å². The van der Waals surface area contributed by atoms with Gasteiger partial charge in [-0.05, 0) is 42.6 Å². The van der Waals surface area contributed by atoms with Gasteiger partial charge in [0, 0.05) is 16.1 Å². The molecule has 1 heterocycles. The number of ether oxygens (including phenoxy) is 1. The third kappa shape index (κ3) is 4.93. The van der Waals surface area contributed by atoms with Crippen LogP contribution in [0.4, 0.5) is 5.69 Å². The third-order valence-corrected chi connectivity index (χ3v) is 3.89. The summed E-state index contributed by atoms with van der Waals surface area (Å²) in [6, 6.07) is 9.79. The SMILES string of the molecule is C[C@H](OC(=O)Cc1cccs1)C(=O)Nc1ccc(C(N)=O)cc1. The van der Waals surface area contributed by atoms with E-state index in [-0.39, 0.29) is 6.42 Å². The first-order valence-electron chi connectivity index (χ1n) is 6.88. The summed E-state index contributed by atoms with van der Waals surface area (Å²) >= 11 is 1.45. The highest BCUT2D eigenvalue weighted by Crippen LogP contribution is 2.12. The number of hydrogen-bond acceptors (Lipinski definition) is 5. The fourth-order valence-corrected chi connectivity index (χ4v) is 2.50. The van der Waals surface area contributed by atoms with E-state index in [4.69, 9.17) is 10.5 Å². The highest BCUT2D eigenvalue weighted by Gasteiger charge is 2.18. The van der Waals surface area contributed by atoms with Gasteiger partial charge in [0.15, 0.2) is 6.10 Å². The molecule has 0 saturated carbocycles. The van der Waals surface area contributed by atoms with Crippen LogP contribution in [0.3, 0.4) is 0 Å². The number of thiophene rings is 1. The average Bonchev–Trinajstić information content (AvgIpc) is 3.00. The number of amides is 2. The van der Waals surface area contributed by atoms with Gasteiger partial charge in [-0.3, -0.25) is 14.4 Å². The molecule has 0 fully saturated rings. The maximum Gasteiger partial charge on any atom is 0.311 e. The lowest BCUT2D eigenvalue weighted by atomic mass is 10.2. The van der Waals surface area contributed by atoms with Gasteiger partial charge < -0.3 is 15.8 Å². The summed E-state index contributed by atoms with van der Waals surface area (Å²) in [5.74, 6) is -1.45. The van der Waals surface area contributed by atoms with E-state index in [1.165, 1.54) is 30.4 Å². The molecule has 1 aromatic carbocycles. The molecule has 1 aromatic heterocycles. The topological polar surface area (TPSA) is 98.5 Å². The van der Waals surface area contributed by atoms with E-state index in [0.717, 1.165) is 4.88 Å². The molecule has 0 aliphatic rings. The Morgan fingerprint density at radius 1 is 1.22 bits per heavy atom. The van der Waals surface area contributed by atoms with Crippen molar-refractivity contribution in [1.29, 1.82) is 0 Å². The smallest absolute Gasteiger partial charge is 0.311 e. The predicted molar refractivity (Wildman–Crippen MR) is 87.2 cm³/mol. The van der Waals surface area contributed by atoms with Crippen LogP contribution in [-0.2, 0) is 20.7 Å². The number of carbonyl (C=O) groups is 3. The molecule has 120 valence electrons. The molecule has 2 amide bonds. The molecule has 0 aliphatic heterocycles. The van der Waals surface area contributed by atoms with Crippen LogP contribution >= 0.6 is 11.3 Å². The number of rotatable bonds is 6. The van der Waals surface area contributed by atoms with E-state index < -0.39 is 23.9 Å². The van der Waals surface area contributed by atoms with Crippen LogP contribution in [0.15, 0.2) is 41.8 Å². The van der Waals surface area contributed by atoms with Gasteiger partial charge in [0.25, 0.3) is 5.91 Å². The van der Waals surface area contributed by atoms with Crippen LogP contribution in [0.5, 0.6) is 0 Å². The summed E-state index contributed by atoms with van der Waals surface area (Å²) in [5.41, 5.74) is 5.97. The van der Waals surface area contributed by atoms with Gasteiger partial charge in [0.05, 0.1) is 6.42 Å². The first-order chi connectivity index (χ1) is 11.0. The zero-order valence-electron chi connectivity index (χ0n) is 12.4. The number of nitrogens with one attached hydrogen (secondary N) is 1. The molecule has 23 heavy (non-hydrogen) atoms. The fraction of sp³-hybridized carbons (Fsp3) is 0.188. The van der Waals surface area contributed by atoms with E-state index in [0.29, 0.717) is 11.3 Å². The largest absolute Gasteiger partial charge is 0.452 e. The number of carbonyl (C=O) groups excluding carboxylic acids is 3. The monoisotopic (exact) mass is 332 g/mol. The maximum atomic E-state index is 12.0. The normalized spacial score (nSPS) is 11.5. The van der Waals surface area contributed by atoms with Crippen LogP contribution in [0.2, 0.25) is 0 Å². The standard InChI is InChI=1S/C16H16N2O4S/c1-10(22-14(19)9-13-3-2-8-23-13)16(21)18-12-6-4-11(5-7-12)15(17)20/h2-8,10H,9H2,1H3,(H2,17,20)(H,18,21)/t10-/m0/s1. The van der Waals surface area contributed by atoms with Crippen molar-refractivity contribution < 1.29 is 19.1 Å². The zero-order chi connectivity index (χ0) is 16.8. The van der Waals surface area contributed by atoms with E-state index in [1.54, 1.807) is 12.1 Å². The van der Waals surface area contributed by atoms with Gasteiger partial charge in [0.2, 0.25) is 5.91 Å². The minimum absolute atomic E-state index is 0.141. The second-order valence-corrected chi connectivity index (χ2v) is 5.85. The Morgan fingerprint density at radius 2 is 1.91 bits per heavy atom. The first kappa shape index (κ1) is 16.7. The van der Waals surface area contributed by atoms with Gasteiger partial charge in [-0.25, -0.2) is 0 Å². The van der Waals surface area contributed by atoms with Crippen LogP contribution in [0.1, 0.15) is 22.2 Å². The van der Waals surface area contributed by atoms with Crippen molar-refractivity contribution in [2.75, 3.05) is 5.32 Å². The van der Waals surface area contributed by atoms with Crippen LogP contribution in [-0.4, -0.2) is 23.9 Å². The molecular weight excluding hydrogens is 316 g/mol. The summed E-state index contributed by atoms with van der Waals surface area (Å²) in [6.45, 7) is 1.50. The van der Waals surface area contributed by atoms with Crippen LogP contribution < -0.4 is 11.1 Å². The Kier molecular flexibility index (Phi) is 5.48. The Bertz CT molecular complexity index is 695. The van der Waals surface area contributed by atoms with Gasteiger partial charge in [0.1, 0.15) is 0 Å². The van der Waals surface area contributed by atoms with E-state index >= 15 is 0 Å². The van der Waals surface area contributed by atoms with Crippen molar-refractivity contribution in [3.63, 3.8) is 0 Å². The highest BCUT2D eigenvalue weighted by molar-refractivity contribution is 7.10. The summed E-state index contributed by atoms with van der Waals surface area (Å²) < 4.78 is 5.10. The van der Waals surface area contributed by atoms with E-state index in [2.05, 4.69) is 5.32 Å². The number of primary amides is 1. The molecule has 3 N–H and O–H groups in total. The minimum atomic E-state index is -0.918. The highest BCUT2D eigenvalue weighted by atomic mass is 32.1. The summed E-state index contributed by atoms with van der Waals surface area (Å²) in [5, 5.41) is 4.48. The lowest BCUT2D eigenvalue weighted by Crippen LogP contribution is -2.30. The van der Waals surface area contributed by atoms with Crippen molar-refractivity contribution in [1.82, 2.24) is 0 Å². The number of nitrogens with two attached hydrogens (primary N) is 1. The molecule has 0 aliphatic carbocycles.